The zero-order chi connectivity index (χ0) is 16.7. The van der Waals surface area contributed by atoms with E-state index in [2.05, 4.69) is 5.32 Å². The van der Waals surface area contributed by atoms with Gasteiger partial charge in [0.05, 0.1) is 18.8 Å². The topological polar surface area (TPSA) is 64.6 Å². The highest BCUT2D eigenvalue weighted by molar-refractivity contribution is 5.95. The number of anilines is 1. The molecule has 5 heteroatoms. The predicted octanol–water partition coefficient (Wildman–Crippen LogP) is 3.20. The van der Waals surface area contributed by atoms with Crippen molar-refractivity contribution in [3.63, 3.8) is 0 Å². The summed E-state index contributed by atoms with van der Waals surface area (Å²) in [4.78, 5) is 24.1. The first-order valence-corrected chi connectivity index (χ1v) is 7.73. The summed E-state index contributed by atoms with van der Waals surface area (Å²) in [5, 5.41) is 3.23. The van der Waals surface area contributed by atoms with Crippen molar-refractivity contribution in [2.75, 3.05) is 18.5 Å². The van der Waals surface area contributed by atoms with E-state index < -0.39 is 0 Å². The number of para-hydroxylation sites is 1. The van der Waals surface area contributed by atoms with E-state index in [0.717, 1.165) is 5.69 Å². The van der Waals surface area contributed by atoms with E-state index in [4.69, 9.17) is 9.47 Å². The number of carbonyl (C=O) groups is 2. The Morgan fingerprint density at radius 1 is 1.04 bits per heavy atom. The van der Waals surface area contributed by atoms with Gasteiger partial charge in [0.25, 0.3) is 0 Å². The largest absolute Gasteiger partial charge is 0.463 e. The van der Waals surface area contributed by atoms with Crippen molar-refractivity contribution in [1.82, 2.24) is 0 Å². The highest BCUT2D eigenvalue weighted by atomic mass is 16.5. The fourth-order valence-electron chi connectivity index (χ4n) is 2.34. The second-order valence-corrected chi connectivity index (χ2v) is 5.00. The van der Waals surface area contributed by atoms with Gasteiger partial charge in [-0.2, -0.15) is 0 Å². The van der Waals surface area contributed by atoms with Gasteiger partial charge in [0.15, 0.2) is 0 Å². The Balaban J connectivity index is 2.23. The summed E-state index contributed by atoms with van der Waals surface area (Å²) < 4.78 is 10.2. The summed E-state index contributed by atoms with van der Waals surface area (Å²) in [6.07, 6.45) is 2.41. The molecule has 0 aliphatic heterocycles. The maximum atomic E-state index is 12.1. The highest BCUT2D eigenvalue weighted by Crippen LogP contribution is 2.27. The average Bonchev–Trinajstić information content (AvgIpc) is 2.56. The SMILES string of the molecule is CCOC(=O)C1=CCC(C(=O)OCC)=C(Nc2ccccc2)C1. The van der Waals surface area contributed by atoms with E-state index in [1.54, 1.807) is 19.9 Å². The van der Waals surface area contributed by atoms with Crippen molar-refractivity contribution in [3.8, 4) is 0 Å². The molecule has 0 amide bonds. The summed E-state index contributed by atoms with van der Waals surface area (Å²) in [6, 6.07) is 9.52. The van der Waals surface area contributed by atoms with Crippen LogP contribution in [0.2, 0.25) is 0 Å². The van der Waals surface area contributed by atoms with E-state index in [1.807, 2.05) is 30.3 Å². The molecule has 0 atom stereocenters. The number of esters is 2. The fraction of sp³-hybridized carbons (Fsp3) is 0.333. The molecule has 0 unspecified atom stereocenters. The zero-order valence-corrected chi connectivity index (χ0v) is 13.4. The maximum Gasteiger partial charge on any atom is 0.336 e. The van der Waals surface area contributed by atoms with Crippen LogP contribution in [0.3, 0.4) is 0 Å². The first-order chi connectivity index (χ1) is 11.2. The normalized spacial score (nSPS) is 14.1. The minimum absolute atomic E-state index is 0.315. The minimum Gasteiger partial charge on any atom is -0.463 e. The predicted molar refractivity (Wildman–Crippen MR) is 87.7 cm³/mol. The van der Waals surface area contributed by atoms with E-state index in [1.165, 1.54) is 0 Å². The van der Waals surface area contributed by atoms with Crippen molar-refractivity contribution in [1.29, 1.82) is 0 Å². The van der Waals surface area contributed by atoms with Crippen LogP contribution in [0.15, 0.2) is 53.3 Å². The van der Waals surface area contributed by atoms with Gasteiger partial charge in [0.2, 0.25) is 0 Å². The molecule has 1 aliphatic rings. The lowest BCUT2D eigenvalue weighted by molar-refractivity contribution is -0.140. The lowest BCUT2D eigenvalue weighted by Gasteiger charge is -2.21. The molecule has 1 aromatic carbocycles. The molecule has 1 aliphatic carbocycles. The maximum absolute atomic E-state index is 12.1. The Morgan fingerprint density at radius 3 is 2.35 bits per heavy atom. The van der Waals surface area contributed by atoms with E-state index in [0.29, 0.717) is 42.9 Å². The quantitative estimate of drug-likeness (QED) is 0.817. The minimum atomic E-state index is -0.356. The molecule has 23 heavy (non-hydrogen) atoms. The monoisotopic (exact) mass is 315 g/mol. The second kappa shape index (κ2) is 8.17. The van der Waals surface area contributed by atoms with Crippen molar-refractivity contribution in [2.24, 2.45) is 0 Å². The number of carbonyl (C=O) groups excluding carboxylic acids is 2. The molecule has 5 nitrogen and oxygen atoms in total. The van der Waals surface area contributed by atoms with Gasteiger partial charge >= 0.3 is 11.9 Å². The molecule has 122 valence electrons. The van der Waals surface area contributed by atoms with Crippen LogP contribution in [-0.4, -0.2) is 25.2 Å². The van der Waals surface area contributed by atoms with E-state index in [9.17, 15) is 9.59 Å². The summed E-state index contributed by atoms with van der Waals surface area (Å²) in [6.45, 7) is 4.18. The van der Waals surface area contributed by atoms with Crippen LogP contribution in [0, 0.1) is 0 Å². The lowest BCUT2D eigenvalue weighted by Crippen LogP contribution is -2.20. The Morgan fingerprint density at radius 2 is 1.70 bits per heavy atom. The Kier molecular flexibility index (Phi) is 5.97. The van der Waals surface area contributed by atoms with Crippen LogP contribution in [0.5, 0.6) is 0 Å². The molecule has 0 aromatic heterocycles. The number of nitrogens with one attached hydrogen (secondary N) is 1. The Hall–Kier alpha value is -2.56. The molecule has 0 saturated heterocycles. The molecule has 0 heterocycles. The molecule has 0 saturated carbocycles. The lowest BCUT2D eigenvalue weighted by atomic mass is 9.95. The van der Waals surface area contributed by atoms with Crippen molar-refractivity contribution < 1.29 is 19.1 Å². The number of allylic oxidation sites excluding steroid dienone is 2. The van der Waals surface area contributed by atoms with Gasteiger partial charge in [-0.25, -0.2) is 9.59 Å². The molecule has 0 bridgehead atoms. The van der Waals surface area contributed by atoms with Gasteiger partial charge in [0.1, 0.15) is 0 Å². The smallest absolute Gasteiger partial charge is 0.336 e. The standard InChI is InChI=1S/C18H21NO4/c1-3-22-17(20)13-10-11-15(18(21)23-4-2)16(12-13)19-14-8-6-5-7-9-14/h5-10,19H,3-4,11-12H2,1-2H3. The van der Waals surface area contributed by atoms with Crippen LogP contribution in [0.1, 0.15) is 26.7 Å². The van der Waals surface area contributed by atoms with Crippen molar-refractivity contribution in [2.45, 2.75) is 26.7 Å². The summed E-state index contributed by atoms with van der Waals surface area (Å²) in [7, 11) is 0. The fourth-order valence-corrected chi connectivity index (χ4v) is 2.34. The molecule has 0 spiro atoms. The van der Waals surface area contributed by atoms with Gasteiger partial charge in [-0.05, 0) is 26.0 Å². The third kappa shape index (κ3) is 4.45. The number of ether oxygens (including phenoxy) is 2. The molecular weight excluding hydrogens is 294 g/mol. The zero-order valence-electron chi connectivity index (χ0n) is 13.4. The summed E-state index contributed by atoms with van der Waals surface area (Å²) >= 11 is 0. The molecule has 0 radical (unpaired) electrons. The van der Waals surface area contributed by atoms with Gasteiger partial charge in [0, 0.05) is 29.8 Å². The average molecular weight is 315 g/mol. The molecule has 2 rings (SSSR count). The molecule has 1 aromatic rings. The number of rotatable bonds is 6. The second-order valence-electron chi connectivity index (χ2n) is 5.00. The van der Waals surface area contributed by atoms with Gasteiger partial charge < -0.3 is 14.8 Å². The van der Waals surface area contributed by atoms with Crippen LogP contribution in [-0.2, 0) is 19.1 Å². The van der Waals surface area contributed by atoms with E-state index >= 15 is 0 Å². The molecule has 1 N–H and O–H groups in total. The van der Waals surface area contributed by atoms with Gasteiger partial charge in [-0.15, -0.1) is 0 Å². The van der Waals surface area contributed by atoms with Crippen molar-refractivity contribution in [3.05, 3.63) is 53.3 Å². The Bertz CT molecular complexity index is 632. The number of hydrogen-bond donors (Lipinski definition) is 1. The first-order valence-electron chi connectivity index (χ1n) is 7.73. The first kappa shape index (κ1) is 16.8. The summed E-state index contributed by atoms with van der Waals surface area (Å²) in [5.74, 6) is -0.701. The van der Waals surface area contributed by atoms with Gasteiger partial charge in [-0.1, -0.05) is 24.3 Å². The van der Waals surface area contributed by atoms with E-state index in [-0.39, 0.29) is 11.9 Å². The molecule has 0 fully saturated rings. The molecular formula is C18H21NO4. The highest BCUT2D eigenvalue weighted by Gasteiger charge is 2.24. The number of hydrogen-bond acceptors (Lipinski definition) is 5. The van der Waals surface area contributed by atoms with Crippen LogP contribution < -0.4 is 5.32 Å². The number of benzene rings is 1. The van der Waals surface area contributed by atoms with Crippen LogP contribution in [0.25, 0.3) is 0 Å². The van der Waals surface area contributed by atoms with Crippen LogP contribution in [0.4, 0.5) is 5.69 Å². The van der Waals surface area contributed by atoms with Crippen LogP contribution >= 0.6 is 0 Å². The van der Waals surface area contributed by atoms with Gasteiger partial charge in [-0.3, -0.25) is 0 Å². The Labute approximate surface area is 136 Å². The van der Waals surface area contributed by atoms with Crippen molar-refractivity contribution >= 4 is 17.6 Å². The summed E-state index contributed by atoms with van der Waals surface area (Å²) in [5.41, 5.74) is 2.64. The third-order valence-corrected chi connectivity index (χ3v) is 3.41. The third-order valence-electron chi connectivity index (χ3n) is 3.41.